The van der Waals surface area contributed by atoms with E-state index in [1.165, 1.54) is 33.1 Å². The summed E-state index contributed by atoms with van der Waals surface area (Å²) in [6, 6.07) is 6.22. The highest BCUT2D eigenvalue weighted by Gasteiger charge is 2.30. The van der Waals surface area contributed by atoms with Gasteiger partial charge in [0.2, 0.25) is 5.91 Å². The Hall–Kier alpha value is -2.70. The molecule has 1 amide bonds. The molecular formula is C21H28FN3O5. The molecule has 0 unspecified atom stereocenters. The van der Waals surface area contributed by atoms with Crippen molar-refractivity contribution in [2.75, 3.05) is 31.6 Å². The molecule has 1 aliphatic heterocycles. The summed E-state index contributed by atoms with van der Waals surface area (Å²) in [5, 5.41) is 21.8. The van der Waals surface area contributed by atoms with E-state index in [1.807, 2.05) is 11.0 Å². The number of hydrogen-bond donors (Lipinski definition) is 2. The zero-order valence-electron chi connectivity index (χ0n) is 17.5. The van der Waals surface area contributed by atoms with E-state index >= 15 is 0 Å². The first kappa shape index (κ1) is 23.6. The van der Waals surface area contributed by atoms with Crippen LogP contribution in [-0.4, -0.2) is 55.6 Å². The number of hydrogen-bond acceptors (Lipinski definition) is 7. The number of nitriles is 1. The number of halogens is 1. The Balaban J connectivity index is 1.83. The lowest BCUT2D eigenvalue weighted by molar-refractivity contribution is -0.217. The molecule has 30 heavy (non-hydrogen) atoms. The van der Waals surface area contributed by atoms with Gasteiger partial charge in [0.15, 0.2) is 11.9 Å². The summed E-state index contributed by atoms with van der Waals surface area (Å²) in [5.74, 6) is -2.88. The molecule has 2 N–H and O–H groups in total. The van der Waals surface area contributed by atoms with Crippen molar-refractivity contribution >= 4 is 17.6 Å². The Morgan fingerprint density at radius 2 is 2.07 bits per heavy atom. The average Bonchev–Trinajstić information content (AvgIpc) is 2.70. The molecular weight excluding hydrogens is 393 g/mol. The molecule has 164 valence electrons. The summed E-state index contributed by atoms with van der Waals surface area (Å²) in [5.41, 5.74) is 1.02. The van der Waals surface area contributed by atoms with Gasteiger partial charge in [-0.15, -0.1) is 0 Å². The molecule has 0 aromatic heterocycles. The molecule has 1 heterocycles. The fraction of sp³-hybridized carbons (Fsp3) is 0.571. The van der Waals surface area contributed by atoms with Crippen molar-refractivity contribution in [2.24, 2.45) is 5.92 Å². The number of rotatable bonds is 8. The summed E-state index contributed by atoms with van der Waals surface area (Å²) in [6.45, 7) is 4.56. The standard InChI is InChI=1S/C21H28FN3O5/c1-21(2,28)30-18(20(27)29-3)11-19(26)24-13-14-6-8-25(9-7-14)17-5-4-16(22)10-15(17)12-23/h4-5,10,14,18,28H,6-9,11,13H2,1-3H3,(H,24,26)/t18-/m1/s1. The van der Waals surface area contributed by atoms with E-state index in [-0.39, 0.29) is 18.2 Å². The number of amides is 1. The van der Waals surface area contributed by atoms with Crippen molar-refractivity contribution in [3.63, 3.8) is 0 Å². The summed E-state index contributed by atoms with van der Waals surface area (Å²) >= 11 is 0. The first-order chi connectivity index (χ1) is 14.1. The van der Waals surface area contributed by atoms with Crippen molar-refractivity contribution in [3.05, 3.63) is 29.6 Å². The van der Waals surface area contributed by atoms with Gasteiger partial charge in [0.1, 0.15) is 11.9 Å². The SMILES string of the molecule is COC(=O)[C@@H](CC(=O)NCC1CCN(c2ccc(F)cc2C#N)CC1)OC(C)(C)O. The number of carbonyl (C=O) groups is 2. The third-order valence-corrected chi connectivity index (χ3v) is 4.89. The molecule has 2 rings (SSSR count). The number of piperidine rings is 1. The van der Waals surface area contributed by atoms with Gasteiger partial charge in [0, 0.05) is 19.6 Å². The number of methoxy groups -OCH3 is 1. The topological polar surface area (TPSA) is 112 Å². The number of anilines is 1. The number of aliphatic hydroxyl groups is 1. The third kappa shape index (κ3) is 6.97. The largest absolute Gasteiger partial charge is 0.467 e. The highest BCUT2D eigenvalue weighted by Crippen LogP contribution is 2.26. The van der Waals surface area contributed by atoms with Gasteiger partial charge in [-0.2, -0.15) is 5.26 Å². The molecule has 1 aromatic carbocycles. The summed E-state index contributed by atoms with van der Waals surface area (Å²) in [7, 11) is 1.19. The molecule has 1 fully saturated rings. The number of esters is 1. The number of carbonyl (C=O) groups excluding carboxylic acids is 2. The molecule has 0 saturated carbocycles. The summed E-state index contributed by atoms with van der Waals surface area (Å²) < 4.78 is 23.2. The van der Waals surface area contributed by atoms with Crippen molar-refractivity contribution in [1.29, 1.82) is 5.26 Å². The molecule has 0 bridgehead atoms. The van der Waals surface area contributed by atoms with Gasteiger partial charge in [-0.25, -0.2) is 9.18 Å². The summed E-state index contributed by atoms with van der Waals surface area (Å²) in [4.78, 5) is 26.1. The van der Waals surface area contributed by atoms with Gasteiger partial charge >= 0.3 is 5.97 Å². The molecule has 9 heteroatoms. The van der Waals surface area contributed by atoms with Gasteiger partial charge < -0.3 is 24.8 Å². The third-order valence-electron chi connectivity index (χ3n) is 4.89. The maximum Gasteiger partial charge on any atom is 0.335 e. The van der Waals surface area contributed by atoms with E-state index in [1.54, 1.807) is 6.07 Å². The van der Waals surface area contributed by atoms with Gasteiger partial charge in [-0.1, -0.05) is 0 Å². The molecule has 1 aromatic rings. The monoisotopic (exact) mass is 421 g/mol. The van der Waals surface area contributed by atoms with Gasteiger partial charge in [0.05, 0.1) is 24.8 Å². The van der Waals surface area contributed by atoms with Gasteiger partial charge in [-0.05, 0) is 50.8 Å². The normalized spacial score (nSPS) is 15.9. The maximum atomic E-state index is 13.3. The van der Waals surface area contributed by atoms with Crippen molar-refractivity contribution < 1.29 is 28.6 Å². The number of benzene rings is 1. The van der Waals surface area contributed by atoms with E-state index < -0.39 is 23.7 Å². The predicted molar refractivity (Wildman–Crippen MR) is 107 cm³/mol. The average molecular weight is 421 g/mol. The molecule has 0 spiro atoms. The smallest absolute Gasteiger partial charge is 0.335 e. The lowest BCUT2D eigenvalue weighted by Gasteiger charge is -2.34. The van der Waals surface area contributed by atoms with Crippen LogP contribution in [0.4, 0.5) is 10.1 Å². The Morgan fingerprint density at radius 3 is 2.63 bits per heavy atom. The van der Waals surface area contributed by atoms with E-state index in [9.17, 15) is 24.3 Å². The number of nitrogens with zero attached hydrogens (tertiary/aromatic N) is 2. The van der Waals surface area contributed by atoms with Gasteiger partial charge in [-0.3, -0.25) is 4.79 Å². The van der Waals surface area contributed by atoms with Crippen LogP contribution in [0.15, 0.2) is 18.2 Å². The van der Waals surface area contributed by atoms with Crippen LogP contribution >= 0.6 is 0 Å². The highest BCUT2D eigenvalue weighted by molar-refractivity contribution is 5.84. The zero-order valence-corrected chi connectivity index (χ0v) is 17.5. The van der Waals surface area contributed by atoms with Crippen molar-refractivity contribution in [2.45, 2.75) is 45.0 Å². The van der Waals surface area contributed by atoms with Crippen LogP contribution < -0.4 is 10.2 Å². The Kier molecular flexibility index (Phi) is 8.15. The van der Waals surface area contributed by atoms with Crippen LogP contribution in [0.3, 0.4) is 0 Å². The minimum Gasteiger partial charge on any atom is -0.467 e. The molecule has 1 aliphatic rings. The van der Waals surface area contributed by atoms with Crippen LogP contribution in [0.2, 0.25) is 0 Å². The Bertz CT molecular complexity index is 795. The lowest BCUT2D eigenvalue weighted by atomic mass is 9.95. The van der Waals surface area contributed by atoms with Crippen molar-refractivity contribution in [3.8, 4) is 6.07 Å². The second kappa shape index (κ2) is 10.4. The van der Waals surface area contributed by atoms with Crippen LogP contribution in [0.1, 0.15) is 38.7 Å². The van der Waals surface area contributed by atoms with Crippen LogP contribution in [0, 0.1) is 23.1 Å². The first-order valence-electron chi connectivity index (χ1n) is 9.82. The van der Waals surface area contributed by atoms with Gasteiger partial charge in [0.25, 0.3) is 0 Å². The Morgan fingerprint density at radius 1 is 1.40 bits per heavy atom. The fourth-order valence-corrected chi connectivity index (χ4v) is 3.40. The minimum absolute atomic E-state index is 0.239. The highest BCUT2D eigenvalue weighted by atomic mass is 19.1. The quantitative estimate of drug-likeness (QED) is 0.485. The fourth-order valence-electron chi connectivity index (χ4n) is 3.40. The number of nitrogens with one attached hydrogen (secondary N) is 1. The second-order valence-corrected chi connectivity index (χ2v) is 7.79. The molecule has 1 saturated heterocycles. The molecule has 8 nitrogen and oxygen atoms in total. The second-order valence-electron chi connectivity index (χ2n) is 7.79. The van der Waals surface area contributed by atoms with E-state index in [4.69, 9.17) is 4.74 Å². The zero-order chi connectivity index (χ0) is 22.3. The predicted octanol–water partition coefficient (Wildman–Crippen LogP) is 1.71. The number of ether oxygens (including phenoxy) is 2. The maximum absolute atomic E-state index is 13.3. The first-order valence-corrected chi connectivity index (χ1v) is 9.82. The molecule has 0 radical (unpaired) electrons. The van der Waals surface area contributed by atoms with E-state index in [0.717, 1.165) is 12.8 Å². The van der Waals surface area contributed by atoms with E-state index in [2.05, 4.69) is 10.1 Å². The molecule has 0 aliphatic carbocycles. The van der Waals surface area contributed by atoms with Crippen LogP contribution in [-0.2, 0) is 19.1 Å². The Labute approximate surface area is 175 Å². The van der Waals surface area contributed by atoms with Crippen LogP contribution in [0.25, 0.3) is 0 Å². The van der Waals surface area contributed by atoms with Crippen LogP contribution in [0.5, 0.6) is 0 Å². The lowest BCUT2D eigenvalue weighted by Crippen LogP contribution is -2.42. The van der Waals surface area contributed by atoms with Crippen molar-refractivity contribution in [1.82, 2.24) is 5.32 Å². The molecule has 1 atom stereocenters. The minimum atomic E-state index is -1.57. The van der Waals surface area contributed by atoms with E-state index in [0.29, 0.717) is 30.9 Å². The summed E-state index contributed by atoms with van der Waals surface area (Å²) in [6.07, 6.45) is 0.141.